The number of ether oxygens (including phenoxy) is 2. The summed E-state index contributed by atoms with van der Waals surface area (Å²) in [4.78, 5) is 31.0. The molecular weight excluding hydrogens is 478 g/mol. The van der Waals surface area contributed by atoms with Gasteiger partial charge in [-0.25, -0.2) is 9.78 Å². The van der Waals surface area contributed by atoms with Crippen molar-refractivity contribution < 1.29 is 19.1 Å². The van der Waals surface area contributed by atoms with Crippen molar-refractivity contribution in [3.8, 4) is 22.8 Å². The van der Waals surface area contributed by atoms with Crippen LogP contribution in [0.5, 0.6) is 11.6 Å². The molecule has 1 unspecified atom stereocenters. The van der Waals surface area contributed by atoms with Crippen LogP contribution < -0.4 is 19.7 Å². The Morgan fingerprint density at radius 2 is 1.92 bits per heavy atom. The van der Waals surface area contributed by atoms with E-state index in [1.54, 1.807) is 36.2 Å². The second kappa shape index (κ2) is 10.6. The number of nitrogens with zero attached hydrogens (tertiary/aromatic N) is 2. The van der Waals surface area contributed by atoms with E-state index in [4.69, 9.17) is 21.1 Å². The average Bonchev–Trinajstić information content (AvgIpc) is 2.88. The summed E-state index contributed by atoms with van der Waals surface area (Å²) in [5.74, 6) is 1.15. The molecular formula is C28H30ClN3O4. The van der Waals surface area contributed by atoms with Gasteiger partial charge in [0.05, 0.1) is 28.4 Å². The molecule has 3 aromatic rings. The van der Waals surface area contributed by atoms with E-state index in [1.807, 2.05) is 57.2 Å². The van der Waals surface area contributed by atoms with Gasteiger partial charge in [0.15, 0.2) is 0 Å². The van der Waals surface area contributed by atoms with Gasteiger partial charge in [-0.1, -0.05) is 36.7 Å². The van der Waals surface area contributed by atoms with Gasteiger partial charge >= 0.3 is 6.03 Å². The number of nitrogens with one attached hydrogen (secondary N) is 1. The number of amides is 2. The van der Waals surface area contributed by atoms with Crippen molar-refractivity contribution in [2.75, 3.05) is 23.4 Å². The van der Waals surface area contributed by atoms with E-state index in [0.29, 0.717) is 34.6 Å². The molecule has 0 aliphatic carbocycles. The highest BCUT2D eigenvalue weighted by Crippen LogP contribution is 2.38. The Balaban J connectivity index is 1.54. The quantitative estimate of drug-likeness (QED) is 0.389. The van der Waals surface area contributed by atoms with Crippen LogP contribution in [0.25, 0.3) is 11.1 Å². The third-order valence-corrected chi connectivity index (χ3v) is 6.68. The van der Waals surface area contributed by atoms with Crippen LogP contribution in [0.2, 0.25) is 5.02 Å². The number of para-hydroxylation sites is 1. The van der Waals surface area contributed by atoms with Crippen LogP contribution in [-0.4, -0.2) is 36.1 Å². The highest BCUT2D eigenvalue weighted by Gasteiger charge is 2.30. The molecule has 0 bridgehead atoms. The Hall–Kier alpha value is -3.58. The van der Waals surface area contributed by atoms with Crippen LogP contribution in [0.15, 0.2) is 60.8 Å². The van der Waals surface area contributed by atoms with E-state index in [2.05, 4.69) is 10.3 Å². The molecule has 36 heavy (non-hydrogen) atoms. The predicted molar refractivity (Wildman–Crippen MR) is 142 cm³/mol. The lowest BCUT2D eigenvalue weighted by molar-refractivity contribution is -0.126. The van der Waals surface area contributed by atoms with Gasteiger partial charge in [-0.2, -0.15) is 0 Å². The Kier molecular flexibility index (Phi) is 7.50. The second-order valence-corrected chi connectivity index (χ2v) is 9.87. The van der Waals surface area contributed by atoms with E-state index in [-0.39, 0.29) is 24.5 Å². The normalized spacial score (nSPS) is 15.0. The number of ketones is 1. The molecule has 0 saturated heterocycles. The summed E-state index contributed by atoms with van der Waals surface area (Å²) < 4.78 is 11.9. The molecule has 188 valence electrons. The predicted octanol–water partition coefficient (Wildman–Crippen LogP) is 6.61. The number of hydrogen-bond acceptors (Lipinski definition) is 5. The maximum absolute atomic E-state index is 13.2. The number of carbonyl (C=O) groups excluding carboxylic acids is 2. The molecule has 1 atom stereocenters. The lowest BCUT2D eigenvalue weighted by Crippen LogP contribution is -2.45. The van der Waals surface area contributed by atoms with E-state index in [1.165, 1.54) is 0 Å². The lowest BCUT2D eigenvalue weighted by atomic mass is 9.90. The molecule has 2 aromatic carbocycles. The first kappa shape index (κ1) is 25.5. The molecule has 2 heterocycles. The van der Waals surface area contributed by atoms with Crippen molar-refractivity contribution in [3.05, 3.63) is 65.8 Å². The number of Topliss-reactive ketones (excluding diaryl/α,β-unsaturated/α-hetero) is 1. The number of pyridine rings is 1. The van der Waals surface area contributed by atoms with Crippen molar-refractivity contribution in [1.29, 1.82) is 0 Å². The van der Waals surface area contributed by atoms with Crippen molar-refractivity contribution >= 4 is 34.8 Å². The molecule has 2 amide bonds. The topological polar surface area (TPSA) is 80.8 Å². The number of fused-ring (bicyclic) bond motifs is 1. The van der Waals surface area contributed by atoms with Crippen molar-refractivity contribution in [2.24, 2.45) is 5.41 Å². The third kappa shape index (κ3) is 5.62. The number of hydrogen-bond donors (Lipinski definition) is 1. The van der Waals surface area contributed by atoms with Crippen molar-refractivity contribution in [1.82, 2.24) is 4.98 Å². The summed E-state index contributed by atoms with van der Waals surface area (Å²) >= 11 is 6.23. The fraction of sp³-hybridized carbons (Fsp3) is 0.321. The molecule has 1 aromatic heterocycles. The Labute approximate surface area is 216 Å². The number of rotatable bonds is 7. The van der Waals surface area contributed by atoms with Gasteiger partial charge in [0, 0.05) is 17.8 Å². The van der Waals surface area contributed by atoms with Gasteiger partial charge in [0.2, 0.25) is 5.88 Å². The van der Waals surface area contributed by atoms with E-state index in [9.17, 15) is 9.59 Å². The summed E-state index contributed by atoms with van der Waals surface area (Å²) in [7, 11) is 0. The molecule has 4 rings (SSSR count). The molecule has 7 nitrogen and oxygen atoms in total. The highest BCUT2D eigenvalue weighted by molar-refractivity contribution is 6.33. The number of anilines is 2. The van der Waals surface area contributed by atoms with Crippen LogP contribution >= 0.6 is 11.6 Å². The number of carbonyl (C=O) groups is 2. The molecule has 1 aliphatic heterocycles. The van der Waals surface area contributed by atoms with E-state index in [0.717, 1.165) is 17.5 Å². The Bertz CT molecular complexity index is 1260. The molecule has 0 radical (unpaired) electrons. The fourth-order valence-electron chi connectivity index (χ4n) is 3.67. The van der Waals surface area contributed by atoms with Crippen LogP contribution in [0.4, 0.5) is 16.2 Å². The zero-order chi connectivity index (χ0) is 25.9. The largest absolute Gasteiger partial charge is 0.486 e. The maximum Gasteiger partial charge on any atom is 0.326 e. The molecule has 0 saturated carbocycles. The first-order valence-electron chi connectivity index (χ1n) is 11.9. The number of aromatic nitrogens is 1. The van der Waals surface area contributed by atoms with Gasteiger partial charge in [-0.05, 0) is 63.1 Å². The van der Waals surface area contributed by atoms with E-state index >= 15 is 0 Å². The van der Waals surface area contributed by atoms with E-state index < -0.39 is 5.41 Å². The second-order valence-electron chi connectivity index (χ2n) is 9.47. The first-order chi connectivity index (χ1) is 17.2. The van der Waals surface area contributed by atoms with Crippen LogP contribution in [0, 0.1) is 5.41 Å². The van der Waals surface area contributed by atoms with Crippen LogP contribution in [0.3, 0.4) is 0 Å². The lowest BCUT2D eigenvalue weighted by Gasteiger charge is -2.35. The van der Waals surface area contributed by atoms with Crippen LogP contribution in [0.1, 0.15) is 34.1 Å². The molecule has 0 fully saturated rings. The number of halogens is 1. The fourth-order valence-corrected chi connectivity index (χ4v) is 3.86. The zero-order valence-electron chi connectivity index (χ0n) is 20.9. The van der Waals surface area contributed by atoms with Crippen molar-refractivity contribution in [3.63, 3.8) is 0 Å². The van der Waals surface area contributed by atoms with Crippen molar-refractivity contribution in [2.45, 2.75) is 40.2 Å². The molecule has 8 heteroatoms. The molecule has 1 aliphatic rings. The smallest absolute Gasteiger partial charge is 0.326 e. The Morgan fingerprint density at radius 3 is 2.58 bits per heavy atom. The first-order valence-corrected chi connectivity index (χ1v) is 12.3. The maximum atomic E-state index is 13.2. The minimum atomic E-state index is -0.573. The number of benzene rings is 2. The summed E-state index contributed by atoms with van der Waals surface area (Å²) in [6.45, 7) is 7.97. The van der Waals surface area contributed by atoms with Gasteiger partial charge < -0.3 is 14.8 Å². The van der Waals surface area contributed by atoms with Gasteiger partial charge in [-0.3, -0.25) is 9.69 Å². The summed E-state index contributed by atoms with van der Waals surface area (Å²) in [5, 5.41) is 3.38. The Morgan fingerprint density at radius 1 is 1.17 bits per heavy atom. The van der Waals surface area contributed by atoms with Crippen LogP contribution in [-0.2, 0) is 4.79 Å². The number of urea groups is 1. The minimum Gasteiger partial charge on any atom is -0.486 e. The summed E-state index contributed by atoms with van der Waals surface area (Å²) in [6.07, 6.45) is 2.34. The van der Waals surface area contributed by atoms with Gasteiger partial charge in [0.25, 0.3) is 0 Å². The third-order valence-electron chi connectivity index (χ3n) is 6.35. The van der Waals surface area contributed by atoms with Gasteiger partial charge in [-0.15, -0.1) is 0 Å². The monoisotopic (exact) mass is 507 g/mol. The molecule has 1 N–H and O–H groups in total. The summed E-state index contributed by atoms with van der Waals surface area (Å²) in [5.41, 5.74) is 2.45. The minimum absolute atomic E-state index is 0.0631. The average molecular weight is 508 g/mol. The summed E-state index contributed by atoms with van der Waals surface area (Å²) in [6, 6.07) is 16.3. The molecule has 0 spiro atoms. The zero-order valence-corrected chi connectivity index (χ0v) is 21.6. The highest BCUT2D eigenvalue weighted by atomic mass is 35.5. The van der Waals surface area contributed by atoms with Gasteiger partial charge in [0.1, 0.15) is 24.2 Å². The standard InChI is InChI=1S/C28H30ClN3O4/c1-5-21-16-32(27(34)31-23-9-7-6-8-22(23)29)24-12-10-19(14-25(24)36-21)20-11-13-26(30-15-20)35-17-28(3,4)18(2)33/h6-15,21H,5,16-17H2,1-4H3,(H,31,34). The SMILES string of the molecule is CCC1CN(C(=O)Nc2ccccc2Cl)c2ccc(-c3ccc(OCC(C)(C)C(C)=O)nc3)cc2O1.